The summed E-state index contributed by atoms with van der Waals surface area (Å²) in [7, 11) is -4.16. The smallest absolute Gasteiger partial charge is 0.294 e. The van der Waals surface area contributed by atoms with Gasteiger partial charge in [0.25, 0.3) is 10.1 Å². The van der Waals surface area contributed by atoms with Gasteiger partial charge in [-0.1, -0.05) is 12.1 Å². The summed E-state index contributed by atoms with van der Waals surface area (Å²) >= 11 is 0. The number of ether oxygens (including phenoxy) is 2. The summed E-state index contributed by atoms with van der Waals surface area (Å²) in [5.41, 5.74) is 1.82. The number of aryl methyl sites for hydroxylation is 1. The van der Waals surface area contributed by atoms with E-state index in [1.54, 1.807) is 18.3 Å². The zero-order valence-corrected chi connectivity index (χ0v) is 14.6. The summed E-state index contributed by atoms with van der Waals surface area (Å²) in [6.07, 6.45) is 3.07. The van der Waals surface area contributed by atoms with Crippen LogP contribution >= 0.6 is 0 Å². The second kappa shape index (κ2) is 6.59. The van der Waals surface area contributed by atoms with E-state index in [9.17, 15) is 8.42 Å². The first-order valence-corrected chi connectivity index (χ1v) is 9.68. The lowest BCUT2D eigenvalue weighted by Gasteiger charge is -2.27. The number of benzene rings is 2. The zero-order valence-electron chi connectivity index (χ0n) is 13.8. The van der Waals surface area contributed by atoms with Crippen LogP contribution in [0.2, 0.25) is 0 Å². The first-order chi connectivity index (χ1) is 12.5. The van der Waals surface area contributed by atoms with Crippen molar-refractivity contribution < 1.29 is 22.4 Å². The van der Waals surface area contributed by atoms with E-state index < -0.39 is 10.1 Å². The van der Waals surface area contributed by atoms with Crippen LogP contribution in [0.1, 0.15) is 12.0 Å². The molecule has 0 saturated carbocycles. The fourth-order valence-electron chi connectivity index (χ4n) is 3.02. The fourth-order valence-corrected chi connectivity index (χ4v) is 3.50. The molecule has 0 bridgehead atoms. The Bertz CT molecular complexity index is 1050. The molecule has 134 valence electrons. The van der Waals surface area contributed by atoms with Crippen LogP contribution in [-0.2, 0) is 16.5 Å². The van der Waals surface area contributed by atoms with Crippen molar-refractivity contribution in [1.29, 1.82) is 0 Å². The topological polar surface area (TPSA) is 85.7 Å². The van der Waals surface area contributed by atoms with Gasteiger partial charge < -0.3 is 9.47 Å². The summed E-state index contributed by atoms with van der Waals surface area (Å²) < 4.78 is 43.2. The van der Waals surface area contributed by atoms with E-state index in [0.717, 1.165) is 28.6 Å². The van der Waals surface area contributed by atoms with Gasteiger partial charge in [0.2, 0.25) is 0 Å². The maximum absolute atomic E-state index is 11.1. The second-order valence-electron chi connectivity index (χ2n) is 6.17. The maximum atomic E-state index is 11.1. The van der Waals surface area contributed by atoms with Crippen molar-refractivity contribution in [3.8, 4) is 11.5 Å². The highest BCUT2D eigenvalue weighted by Gasteiger charge is 2.23. The van der Waals surface area contributed by atoms with Gasteiger partial charge in [-0.2, -0.15) is 8.42 Å². The van der Waals surface area contributed by atoms with Gasteiger partial charge in [-0.3, -0.25) is 9.54 Å². The van der Waals surface area contributed by atoms with Gasteiger partial charge >= 0.3 is 0 Å². The van der Waals surface area contributed by atoms with Gasteiger partial charge in [0.05, 0.1) is 10.4 Å². The third kappa shape index (κ3) is 3.36. The fraction of sp³-hybridized carbons (Fsp3) is 0.211. The Labute approximate surface area is 151 Å². The largest absolute Gasteiger partial charge is 0.486 e. The molecule has 0 radical (unpaired) electrons. The average molecular weight is 371 g/mol. The van der Waals surface area contributed by atoms with Gasteiger partial charge in [-0.15, -0.1) is 0 Å². The lowest BCUT2D eigenvalue weighted by Crippen LogP contribution is -2.29. The van der Waals surface area contributed by atoms with Gasteiger partial charge in [0.15, 0.2) is 11.5 Å². The lowest BCUT2D eigenvalue weighted by atomic mass is 10.1. The standard InChI is InChI=1S/C19H17NO5S/c21-26(22,23)15-7-4-13(5-8-15)3-6-14-12-24-18-10-9-17-16(19(18)25-14)2-1-11-20-17/h1-2,4-5,7-11,14H,3,6,12H2,(H,21,22,23). The maximum Gasteiger partial charge on any atom is 0.294 e. The highest BCUT2D eigenvalue weighted by atomic mass is 32.2. The number of pyridine rings is 1. The van der Waals surface area contributed by atoms with E-state index in [-0.39, 0.29) is 11.0 Å². The Balaban J connectivity index is 1.47. The van der Waals surface area contributed by atoms with Crippen LogP contribution in [0.4, 0.5) is 0 Å². The summed E-state index contributed by atoms with van der Waals surface area (Å²) in [5, 5.41) is 0.923. The normalized spacial score (nSPS) is 16.6. The van der Waals surface area contributed by atoms with Crippen molar-refractivity contribution in [3.05, 3.63) is 60.3 Å². The van der Waals surface area contributed by atoms with Crippen molar-refractivity contribution in [2.45, 2.75) is 23.8 Å². The van der Waals surface area contributed by atoms with E-state index in [4.69, 9.17) is 14.0 Å². The minimum atomic E-state index is -4.16. The summed E-state index contributed by atoms with van der Waals surface area (Å²) in [6.45, 7) is 0.460. The van der Waals surface area contributed by atoms with Crippen molar-refractivity contribution in [3.63, 3.8) is 0 Å². The van der Waals surface area contributed by atoms with Crippen LogP contribution < -0.4 is 9.47 Å². The molecule has 2 aromatic carbocycles. The van der Waals surface area contributed by atoms with Crippen LogP contribution in [0.25, 0.3) is 10.9 Å². The van der Waals surface area contributed by atoms with Gasteiger partial charge in [-0.05, 0) is 54.8 Å². The summed E-state index contributed by atoms with van der Waals surface area (Å²) in [4.78, 5) is 4.23. The number of rotatable bonds is 4. The minimum Gasteiger partial charge on any atom is -0.486 e. The molecule has 1 aromatic heterocycles. The molecule has 1 atom stereocenters. The molecule has 0 amide bonds. The molecule has 26 heavy (non-hydrogen) atoms. The van der Waals surface area contributed by atoms with Crippen molar-refractivity contribution in [1.82, 2.24) is 4.98 Å². The Morgan fingerprint density at radius 2 is 1.92 bits per heavy atom. The van der Waals surface area contributed by atoms with Crippen LogP contribution in [0, 0.1) is 0 Å². The van der Waals surface area contributed by atoms with Crippen molar-refractivity contribution in [2.75, 3.05) is 6.61 Å². The lowest BCUT2D eigenvalue weighted by molar-refractivity contribution is 0.0871. The summed E-state index contributed by atoms with van der Waals surface area (Å²) in [5.74, 6) is 1.44. The molecule has 6 nitrogen and oxygen atoms in total. The highest BCUT2D eigenvalue weighted by molar-refractivity contribution is 7.85. The van der Waals surface area contributed by atoms with Gasteiger partial charge in [0, 0.05) is 11.6 Å². The van der Waals surface area contributed by atoms with Gasteiger partial charge in [-0.25, -0.2) is 0 Å². The quantitative estimate of drug-likeness (QED) is 0.709. The van der Waals surface area contributed by atoms with Gasteiger partial charge in [0.1, 0.15) is 12.7 Å². The monoisotopic (exact) mass is 371 g/mol. The van der Waals surface area contributed by atoms with E-state index >= 15 is 0 Å². The van der Waals surface area contributed by atoms with Crippen LogP contribution in [0.15, 0.2) is 59.6 Å². The van der Waals surface area contributed by atoms with Crippen molar-refractivity contribution in [2.24, 2.45) is 0 Å². The van der Waals surface area contributed by atoms with E-state index in [0.29, 0.717) is 18.8 Å². The first-order valence-electron chi connectivity index (χ1n) is 8.24. The Kier molecular flexibility index (Phi) is 4.26. The molecule has 7 heteroatoms. The molecule has 3 aromatic rings. The molecule has 1 aliphatic rings. The molecule has 0 spiro atoms. The number of nitrogens with zero attached hydrogens (tertiary/aromatic N) is 1. The molecular weight excluding hydrogens is 354 g/mol. The number of hydrogen-bond acceptors (Lipinski definition) is 5. The molecule has 1 unspecified atom stereocenters. The second-order valence-corrected chi connectivity index (χ2v) is 7.59. The zero-order chi connectivity index (χ0) is 18.1. The Hall–Kier alpha value is -2.64. The van der Waals surface area contributed by atoms with E-state index in [1.165, 1.54) is 12.1 Å². The van der Waals surface area contributed by atoms with E-state index in [2.05, 4.69) is 4.98 Å². The molecule has 4 rings (SSSR count). The molecule has 1 aliphatic heterocycles. The average Bonchev–Trinajstić information content (AvgIpc) is 2.66. The van der Waals surface area contributed by atoms with E-state index in [1.807, 2.05) is 24.3 Å². The van der Waals surface area contributed by atoms with Crippen molar-refractivity contribution >= 4 is 21.0 Å². The summed E-state index contributed by atoms with van der Waals surface area (Å²) in [6, 6.07) is 13.8. The van der Waals surface area contributed by atoms with Crippen LogP contribution in [0.3, 0.4) is 0 Å². The number of fused-ring (bicyclic) bond motifs is 3. The molecule has 2 heterocycles. The third-order valence-corrected chi connectivity index (χ3v) is 5.25. The number of aromatic nitrogens is 1. The first kappa shape index (κ1) is 16.8. The molecule has 0 fully saturated rings. The predicted molar refractivity (Wildman–Crippen MR) is 96.2 cm³/mol. The third-order valence-electron chi connectivity index (χ3n) is 4.38. The number of hydrogen-bond donors (Lipinski definition) is 1. The van der Waals surface area contributed by atoms with Crippen LogP contribution in [-0.4, -0.2) is 30.7 Å². The predicted octanol–water partition coefficient (Wildman–Crippen LogP) is 3.25. The SMILES string of the molecule is O=S(=O)(O)c1ccc(CCC2COc3ccc4ncccc4c3O2)cc1. The Morgan fingerprint density at radius 3 is 2.69 bits per heavy atom. The van der Waals surface area contributed by atoms with Crippen LogP contribution in [0.5, 0.6) is 11.5 Å². The highest BCUT2D eigenvalue weighted by Crippen LogP contribution is 2.38. The molecule has 0 saturated heterocycles. The Morgan fingerprint density at radius 1 is 1.12 bits per heavy atom. The minimum absolute atomic E-state index is 0.102. The molecular formula is C19H17NO5S. The molecule has 1 N–H and O–H groups in total. The molecule has 0 aliphatic carbocycles.